The zero-order chi connectivity index (χ0) is 14.5. The number of benzene rings is 1. The number of thiazole rings is 1. The Morgan fingerprint density at radius 2 is 2.10 bits per heavy atom. The second-order valence-electron chi connectivity index (χ2n) is 4.90. The molecule has 1 aromatic carbocycles. The molecule has 3 nitrogen and oxygen atoms in total. The quantitative estimate of drug-likeness (QED) is 0.832. The third-order valence-electron chi connectivity index (χ3n) is 3.04. The van der Waals surface area contributed by atoms with Crippen molar-refractivity contribution < 1.29 is 4.79 Å². The summed E-state index contributed by atoms with van der Waals surface area (Å²) in [6, 6.07) is 10.3. The van der Waals surface area contributed by atoms with E-state index in [9.17, 15) is 4.79 Å². The Bertz CT molecular complexity index is 631. The van der Waals surface area contributed by atoms with Crippen molar-refractivity contribution in [1.29, 1.82) is 0 Å². The molecule has 0 fully saturated rings. The van der Waals surface area contributed by atoms with E-state index in [2.05, 4.69) is 22.4 Å². The number of aromatic nitrogens is 1. The van der Waals surface area contributed by atoms with Gasteiger partial charge in [0.2, 0.25) is 5.91 Å². The molecule has 2 N–H and O–H groups in total. The predicted molar refractivity (Wildman–Crippen MR) is 85.7 cm³/mol. The van der Waals surface area contributed by atoms with Crippen LogP contribution in [0.5, 0.6) is 0 Å². The Hall–Kier alpha value is -1.46. The largest absolute Gasteiger partial charge is 0.353 e. The lowest BCUT2D eigenvalue weighted by Crippen LogP contribution is -2.35. The summed E-state index contributed by atoms with van der Waals surface area (Å²) in [6.45, 7) is 3.97. The normalized spacial score (nSPS) is 12.1. The second-order valence-corrected chi connectivity index (χ2v) is 6.67. The van der Waals surface area contributed by atoms with Crippen molar-refractivity contribution >= 4 is 29.5 Å². The molecule has 2 aromatic rings. The number of carbonyl (C=O) groups excluding carboxylic acids is 1. The minimum atomic E-state index is 0.0433. The van der Waals surface area contributed by atoms with E-state index in [0.29, 0.717) is 6.42 Å². The van der Waals surface area contributed by atoms with E-state index in [4.69, 9.17) is 12.2 Å². The zero-order valence-electron chi connectivity index (χ0n) is 11.6. The lowest BCUT2D eigenvalue weighted by atomic mass is 10.1. The van der Waals surface area contributed by atoms with Crippen LogP contribution in [0.2, 0.25) is 0 Å². The van der Waals surface area contributed by atoms with Gasteiger partial charge in [-0.15, -0.1) is 11.3 Å². The summed E-state index contributed by atoms with van der Waals surface area (Å²) < 4.78 is 0.725. The Kier molecular flexibility index (Phi) is 5.09. The van der Waals surface area contributed by atoms with Crippen molar-refractivity contribution in [2.75, 3.05) is 0 Å². The Morgan fingerprint density at radius 3 is 2.70 bits per heavy atom. The van der Waals surface area contributed by atoms with E-state index >= 15 is 0 Å². The van der Waals surface area contributed by atoms with Crippen molar-refractivity contribution in [3.63, 3.8) is 0 Å². The fourth-order valence-corrected chi connectivity index (χ4v) is 3.39. The van der Waals surface area contributed by atoms with Gasteiger partial charge in [-0.1, -0.05) is 30.3 Å². The highest BCUT2D eigenvalue weighted by atomic mass is 32.1. The highest BCUT2D eigenvalue weighted by Gasteiger charge is 2.11. The van der Waals surface area contributed by atoms with E-state index in [1.807, 2.05) is 32.0 Å². The number of carbonyl (C=O) groups is 1. The Balaban J connectivity index is 1.88. The molecule has 5 heteroatoms. The SMILES string of the molecule is Cc1[nH]c(=S)sc1CC(=O)NC(C)Cc1ccccc1. The van der Waals surface area contributed by atoms with Crippen LogP contribution in [0.25, 0.3) is 0 Å². The first kappa shape index (κ1) is 14.9. The maximum atomic E-state index is 12.0. The van der Waals surface area contributed by atoms with E-state index in [0.717, 1.165) is 20.9 Å². The highest BCUT2D eigenvalue weighted by Crippen LogP contribution is 2.15. The van der Waals surface area contributed by atoms with E-state index in [-0.39, 0.29) is 11.9 Å². The van der Waals surface area contributed by atoms with Crippen LogP contribution in [0.15, 0.2) is 30.3 Å². The van der Waals surface area contributed by atoms with Gasteiger partial charge in [-0.3, -0.25) is 4.79 Å². The van der Waals surface area contributed by atoms with Gasteiger partial charge in [0.1, 0.15) is 0 Å². The van der Waals surface area contributed by atoms with Crippen LogP contribution in [0.1, 0.15) is 23.1 Å². The summed E-state index contributed by atoms with van der Waals surface area (Å²) in [5.74, 6) is 0.0433. The van der Waals surface area contributed by atoms with Crippen molar-refractivity contribution in [3.8, 4) is 0 Å². The molecule has 1 atom stereocenters. The highest BCUT2D eigenvalue weighted by molar-refractivity contribution is 7.73. The average molecular weight is 306 g/mol. The van der Waals surface area contributed by atoms with Gasteiger partial charge >= 0.3 is 0 Å². The maximum Gasteiger partial charge on any atom is 0.225 e. The van der Waals surface area contributed by atoms with Crippen LogP contribution in [0.4, 0.5) is 0 Å². The van der Waals surface area contributed by atoms with Crippen LogP contribution in [0.3, 0.4) is 0 Å². The van der Waals surface area contributed by atoms with Crippen LogP contribution >= 0.6 is 23.6 Å². The van der Waals surface area contributed by atoms with E-state index < -0.39 is 0 Å². The van der Waals surface area contributed by atoms with Gasteiger partial charge in [-0.05, 0) is 38.0 Å². The molecular formula is C15H18N2OS2. The van der Waals surface area contributed by atoms with Crippen molar-refractivity contribution in [3.05, 3.63) is 50.4 Å². The summed E-state index contributed by atoms with van der Waals surface area (Å²) in [5, 5.41) is 3.03. The summed E-state index contributed by atoms with van der Waals surface area (Å²) in [5.41, 5.74) is 2.22. The monoisotopic (exact) mass is 306 g/mol. The first-order valence-corrected chi connectivity index (χ1v) is 7.79. The van der Waals surface area contributed by atoms with Gasteiger partial charge in [0.05, 0.1) is 6.42 Å². The number of hydrogen-bond donors (Lipinski definition) is 2. The standard InChI is InChI=1S/C15H18N2OS2/c1-10(8-12-6-4-3-5-7-12)16-14(18)9-13-11(2)17-15(19)20-13/h3-7,10H,8-9H2,1-2H3,(H,16,18)(H,17,19). The number of hydrogen-bond acceptors (Lipinski definition) is 3. The molecule has 20 heavy (non-hydrogen) atoms. The van der Waals surface area contributed by atoms with Gasteiger partial charge in [0, 0.05) is 16.6 Å². The average Bonchev–Trinajstić information content (AvgIpc) is 2.68. The molecule has 0 bridgehead atoms. The van der Waals surface area contributed by atoms with Gasteiger partial charge in [0.15, 0.2) is 3.95 Å². The third-order valence-corrected chi connectivity index (χ3v) is 4.37. The molecule has 1 heterocycles. The molecule has 0 radical (unpaired) electrons. The fourth-order valence-electron chi connectivity index (χ4n) is 2.10. The van der Waals surface area contributed by atoms with Crippen molar-refractivity contribution in [1.82, 2.24) is 10.3 Å². The number of amides is 1. The molecule has 0 aliphatic heterocycles. The van der Waals surface area contributed by atoms with Crippen LogP contribution in [0, 0.1) is 10.9 Å². The second kappa shape index (κ2) is 6.81. The minimum Gasteiger partial charge on any atom is -0.353 e. The van der Waals surface area contributed by atoms with Gasteiger partial charge in [-0.25, -0.2) is 0 Å². The molecule has 1 aromatic heterocycles. The number of aromatic amines is 1. The van der Waals surface area contributed by atoms with E-state index in [1.165, 1.54) is 16.9 Å². The molecular weight excluding hydrogens is 288 g/mol. The van der Waals surface area contributed by atoms with Gasteiger partial charge in [0.25, 0.3) is 0 Å². The minimum absolute atomic E-state index is 0.0433. The van der Waals surface area contributed by atoms with Gasteiger partial charge in [-0.2, -0.15) is 0 Å². The molecule has 0 aliphatic rings. The number of aryl methyl sites for hydroxylation is 1. The molecule has 2 rings (SSSR count). The molecule has 0 saturated carbocycles. The summed E-state index contributed by atoms with van der Waals surface area (Å²) >= 11 is 6.55. The molecule has 106 valence electrons. The number of nitrogens with one attached hydrogen (secondary N) is 2. The first-order chi connectivity index (χ1) is 9.54. The lowest BCUT2D eigenvalue weighted by Gasteiger charge is -2.13. The summed E-state index contributed by atoms with van der Waals surface area (Å²) in [7, 11) is 0. The number of H-pyrrole nitrogens is 1. The fraction of sp³-hybridized carbons (Fsp3) is 0.333. The molecule has 0 saturated heterocycles. The number of rotatable bonds is 5. The zero-order valence-corrected chi connectivity index (χ0v) is 13.2. The summed E-state index contributed by atoms with van der Waals surface area (Å²) in [6.07, 6.45) is 1.23. The smallest absolute Gasteiger partial charge is 0.225 e. The van der Waals surface area contributed by atoms with Crippen LogP contribution in [-0.4, -0.2) is 16.9 Å². The molecule has 1 unspecified atom stereocenters. The van der Waals surface area contributed by atoms with Crippen LogP contribution < -0.4 is 5.32 Å². The first-order valence-electron chi connectivity index (χ1n) is 6.56. The molecule has 1 amide bonds. The topological polar surface area (TPSA) is 44.9 Å². The predicted octanol–water partition coefficient (Wildman–Crippen LogP) is 3.40. The Morgan fingerprint density at radius 1 is 1.40 bits per heavy atom. The third kappa shape index (κ3) is 4.28. The summed E-state index contributed by atoms with van der Waals surface area (Å²) in [4.78, 5) is 16.1. The van der Waals surface area contributed by atoms with Crippen LogP contribution in [-0.2, 0) is 17.6 Å². The molecule has 0 aliphatic carbocycles. The Labute approximate surface area is 128 Å². The molecule has 0 spiro atoms. The van der Waals surface area contributed by atoms with Gasteiger partial charge < -0.3 is 10.3 Å². The van der Waals surface area contributed by atoms with Crippen molar-refractivity contribution in [2.45, 2.75) is 32.7 Å². The lowest BCUT2D eigenvalue weighted by molar-refractivity contribution is -0.121. The van der Waals surface area contributed by atoms with Crippen molar-refractivity contribution in [2.24, 2.45) is 0 Å². The maximum absolute atomic E-state index is 12.0. The van der Waals surface area contributed by atoms with E-state index in [1.54, 1.807) is 0 Å².